The number of esters is 1. The fourth-order valence-corrected chi connectivity index (χ4v) is 4.44. The van der Waals surface area contributed by atoms with Gasteiger partial charge in [0.15, 0.2) is 17.4 Å². The molecule has 0 aliphatic heterocycles. The second kappa shape index (κ2) is 9.65. The maximum Gasteiger partial charge on any atom is 0.310 e. The van der Waals surface area contributed by atoms with Crippen molar-refractivity contribution in [2.75, 3.05) is 13.7 Å². The van der Waals surface area contributed by atoms with Crippen LogP contribution in [0.4, 0.5) is 8.78 Å². The highest BCUT2D eigenvalue weighted by Crippen LogP contribution is 2.36. The number of rotatable bonds is 7. The zero-order valence-electron chi connectivity index (χ0n) is 19.2. The molecule has 0 fully saturated rings. The standard InChI is InChI=1S/C24H26ClF2NO4Si/c1-14-17(12-20(29)32-10-11-33(3,4)5)21-19(13-18(26)23(31-2)22(21)27)28(14)24(30)15-6-8-16(25)9-7-15/h6-9,13H,10-12H2,1-5H3. The predicted octanol–water partition coefficient (Wildman–Crippen LogP) is 6.00. The van der Waals surface area contributed by atoms with E-state index < -0.39 is 37.3 Å². The van der Waals surface area contributed by atoms with Crippen LogP contribution in [0.1, 0.15) is 21.6 Å². The first kappa shape index (κ1) is 24.9. The lowest BCUT2D eigenvalue weighted by Crippen LogP contribution is -2.23. The molecule has 0 unspecified atom stereocenters. The van der Waals surface area contributed by atoms with Crippen LogP contribution in [0, 0.1) is 18.6 Å². The number of hydrogen-bond acceptors (Lipinski definition) is 4. The van der Waals surface area contributed by atoms with Crippen molar-refractivity contribution < 1.29 is 27.8 Å². The molecule has 0 bridgehead atoms. The minimum Gasteiger partial charge on any atom is -0.491 e. The molecule has 0 amide bonds. The van der Waals surface area contributed by atoms with Crippen LogP contribution >= 0.6 is 11.6 Å². The highest BCUT2D eigenvalue weighted by Gasteiger charge is 2.28. The molecule has 0 spiro atoms. The quantitative estimate of drug-likeness (QED) is 0.299. The maximum atomic E-state index is 15.3. The summed E-state index contributed by atoms with van der Waals surface area (Å²) in [5, 5.41) is 0.402. The first-order valence-corrected chi connectivity index (χ1v) is 14.5. The molecule has 0 saturated carbocycles. The first-order chi connectivity index (χ1) is 15.4. The monoisotopic (exact) mass is 493 g/mol. The molecule has 0 aliphatic rings. The number of ether oxygens (including phenoxy) is 2. The number of methoxy groups -OCH3 is 1. The molecular weight excluding hydrogens is 468 g/mol. The van der Waals surface area contributed by atoms with Crippen molar-refractivity contribution in [3.63, 3.8) is 0 Å². The van der Waals surface area contributed by atoms with Gasteiger partial charge in [0.05, 0.1) is 25.7 Å². The summed E-state index contributed by atoms with van der Waals surface area (Å²) in [6, 6.07) is 7.99. The Balaban J connectivity index is 2.10. The molecule has 3 aromatic rings. The van der Waals surface area contributed by atoms with E-state index in [1.165, 1.54) is 16.7 Å². The van der Waals surface area contributed by atoms with Crippen LogP contribution in [0.25, 0.3) is 10.9 Å². The summed E-state index contributed by atoms with van der Waals surface area (Å²) in [5.74, 6) is -3.54. The van der Waals surface area contributed by atoms with Crippen LogP contribution in [0.2, 0.25) is 30.7 Å². The lowest BCUT2D eigenvalue weighted by molar-refractivity contribution is -0.142. The third kappa shape index (κ3) is 5.28. The van der Waals surface area contributed by atoms with Gasteiger partial charge in [0.25, 0.3) is 5.91 Å². The molecule has 0 radical (unpaired) electrons. The zero-order chi connectivity index (χ0) is 24.5. The summed E-state index contributed by atoms with van der Waals surface area (Å²) in [6.07, 6.45) is -0.263. The van der Waals surface area contributed by atoms with E-state index in [1.54, 1.807) is 19.1 Å². The van der Waals surface area contributed by atoms with E-state index in [1.807, 2.05) is 0 Å². The van der Waals surface area contributed by atoms with Gasteiger partial charge in [-0.25, -0.2) is 8.78 Å². The van der Waals surface area contributed by atoms with E-state index >= 15 is 4.39 Å². The minimum atomic E-state index is -1.40. The SMILES string of the molecule is COc1c(F)cc2c(c1F)c(CC(=O)OCC[Si](C)(C)C)c(C)n2C(=O)c1ccc(Cl)cc1. The number of aromatic nitrogens is 1. The Hall–Kier alpha value is -2.71. The molecule has 1 heterocycles. The van der Waals surface area contributed by atoms with E-state index in [0.717, 1.165) is 19.2 Å². The number of halogens is 3. The van der Waals surface area contributed by atoms with Crippen molar-refractivity contribution in [1.29, 1.82) is 0 Å². The van der Waals surface area contributed by atoms with Crippen LogP contribution in [-0.2, 0) is 16.0 Å². The second-order valence-electron chi connectivity index (χ2n) is 9.02. The van der Waals surface area contributed by atoms with Gasteiger partial charge >= 0.3 is 5.97 Å². The normalized spacial score (nSPS) is 11.6. The van der Waals surface area contributed by atoms with Gasteiger partial charge in [0, 0.05) is 35.8 Å². The van der Waals surface area contributed by atoms with Crippen molar-refractivity contribution in [3.05, 3.63) is 63.8 Å². The fourth-order valence-electron chi connectivity index (χ4n) is 3.60. The maximum absolute atomic E-state index is 15.3. The molecule has 5 nitrogen and oxygen atoms in total. The van der Waals surface area contributed by atoms with Crippen LogP contribution in [-0.4, -0.2) is 38.2 Å². The van der Waals surface area contributed by atoms with Crippen molar-refractivity contribution in [2.45, 2.75) is 39.0 Å². The highest BCUT2D eigenvalue weighted by atomic mass is 35.5. The number of benzene rings is 2. The Kier molecular flexibility index (Phi) is 7.28. The second-order valence-corrected chi connectivity index (χ2v) is 15.1. The minimum absolute atomic E-state index is 0.00755. The molecule has 176 valence electrons. The summed E-state index contributed by atoms with van der Waals surface area (Å²) in [5.41, 5.74) is 0.855. The number of carbonyl (C=O) groups is 2. The molecule has 2 aromatic carbocycles. The highest BCUT2D eigenvalue weighted by molar-refractivity contribution is 6.76. The summed E-state index contributed by atoms with van der Waals surface area (Å²) in [4.78, 5) is 25.9. The molecular formula is C24H26ClF2NO4Si. The molecule has 0 atom stereocenters. The van der Waals surface area contributed by atoms with Gasteiger partial charge in [-0.1, -0.05) is 31.2 Å². The van der Waals surface area contributed by atoms with Crippen molar-refractivity contribution >= 4 is 42.5 Å². The largest absolute Gasteiger partial charge is 0.491 e. The van der Waals surface area contributed by atoms with E-state index in [2.05, 4.69) is 19.6 Å². The van der Waals surface area contributed by atoms with Gasteiger partial charge in [-0.05, 0) is 42.8 Å². The van der Waals surface area contributed by atoms with Gasteiger partial charge < -0.3 is 9.47 Å². The van der Waals surface area contributed by atoms with Crippen LogP contribution < -0.4 is 4.74 Å². The Bertz CT molecular complexity index is 1220. The van der Waals surface area contributed by atoms with Gasteiger partial charge in [0.2, 0.25) is 0 Å². The van der Waals surface area contributed by atoms with Gasteiger partial charge in [-0.15, -0.1) is 0 Å². The van der Waals surface area contributed by atoms with E-state index in [0.29, 0.717) is 10.7 Å². The third-order valence-corrected chi connectivity index (χ3v) is 7.36. The zero-order valence-corrected chi connectivity index (χ0v) is 21.0. The van der Waals surface area contributed by atoms with Crippen molar-refractivity contribution in [2.24, 2.45) is 0 Å². The lowest BCUT2D eigenvalue weighted by atomic mass is 10.1. The van der Waals surface area contributed by atoms with Gasteiger partial charge in [-0.3, -0.25) is 14.2 Å². The Labute approximate surface area is 197 Å². The van der Waals surface area contributed by atoms with E-state index in [9.17, 15) is 14.0 Å². The fraction of sp³-hybridized carbons (Fsp3) is 0.333. The molecule has 0 saturated heterocycles. The van der Waals surface area contributed by atoms with Crippen molar-refractivity contribution in [3.8, 4) is 5.75 Å². The lowest BCUT2D eigenvalue weighted by Gasteiger charge is -2.15. The van der Waals surface area contributed by atoms with E-state index in [4.69, 9.17) is 21.1 Å². The summed E-state index contributed by atoms with van der Waals surface area (Å²) in [6.45, 7) is 8.35. The summed E-state index contributed by atoms with van der Waals surface area (Å²) < 4.78 is 41.3. The number of carbonyl (C=O) groups excluding carboxylic acids is 2. The molecule has 33 heavy (non-hydrogen) atoms. The van der Waals surface area contributed by atoms with E-state index in [-0.39, 0.29) is 35.1 Å². The first-order valence-electron chi connectivity index (χ1n) is 10.5. The molecule has 3 rings (SSSR count). The van der Waals surface area contributed by atoms with Crippen molar-refractivity contribution in [1.82, 2.24) is 4.57 Å². The third-order valence-electron chi connectivity index (χ3n) is 5.40. The summed E-state index contributed by atoms with van der Waals surface area (Å²) >= 11 is 5.91. The Morgan fingerprint density at radius 2 is 1.76 bits per heavy atom. The smallest absolute Gasteiger partial charge is 0.310 e. The van der Waals surface area contributed by atoms with Crippen LogP contribution in [0.3, 0.4) is 0 Å². The Morgan fingerprint density at radius 3 is 2.33 bits per heavy atom. The average Bonchev–Trinajstić information content (AvgIpc) is 2.98. The molecule has 0 aliphatic carbocycles. The average molecular weight is 494 g/mol. The van der Waals surface area contributed by atoms with Gasteiger partial charge in [-0.2, -0.15) is 0 Å². The molecule has 9 heteroatoms. The Morgan fingerprint density at radius 1 is 1.12 bits per heavy atom. The predicted molar refractivity (Wildman–Crippen MR) is 127 cm³/mol. The number of hydrogen-bond donors (Lipinski definition) is 0. The number of fused-ring (bicyclic) bond motifs is 1. The van der Waals surface area contributed by atoms with Crippen LogP contribution in [0.5, 0.6) is 5.75 Å². The van der Waals surface area contributed by atoms with Crippen LogP contribution in [0.15, 0.2) is 30.3 Å². The molecule has 1 aromatic heterocycles. The molecule has 0 N–H and O–H groups in total. The van der Waals surface area contributed by atoms with Gasteiger partial charge in [0.1, 0.15) is 0 Å². The number of nitrogens with zero attached hydrogens (tertiary/aromatic N) is 1. The summed E-state index contributed by atoms with van der Waals surface area (Å²) in [7, 11) is -0.251. The topological polar surface area (TPSA) is 57.5 Å².